The van der Waals surface area contributed by atoms with Gasteiger partial charge in [0.15, 0.2) is 5.69 Å². The van der Waals surface area contributed by atoms with Gasteiger partial charge in [-0.1, -0.05) is 5.21 Å². The zero-order valence-electron chi connectivity index (χ0n) is 13.1. The van der Waals surface area contributed by atoms with Crippen LogP contribution in [0.3, 0.4) is 0 Å². The first kappa shape index (κ1) is 16.6. The zero-order valence-corrected chi connectivity index (χ0v) is 13.9. The predicted molar refractivity (Wildman–Crippen MR) is 87.0 cm³/mol. The van der Waals surface area contributed by atoms with E-state index in [-0.39, 0.29) is 10.6 Å². The molecule has 1 aliphatic rings. The van der Waals surface area contributed by atoms with Crippen molar-refractivity contribution >= 4 is 21.6 Å². The largest absolute Gasteiger partial charge is 0.321 e. The molecule has 1 fully saturated rings. The minimum atomic E-state index is -3.49. The highest BCUT2D eigenvalue weighted by atomic mass is 32.2. The van der Waals surface area contributed by atoms with E-state index in [1.807, 2.05) is 0 Å². The molecule has 3 N–H and O–H groups in total. The number of amides is 1. The van der Waals surface area contributed by atoms with Gasteiger partial charge in [-0.2, -0.15) is 0 Å². The van der Waals surface area contributed by atoms with E-state index in [4.69, 9.17) is 0 Å². The number of nitrogens with one attached hydrogen (secondary N) is 3. The average Bonchev–Trinajstić information content (AvgIpc) is 3.00. The molecular formula is C14H18N6O3S. The normalized spacial score (nSPS) is 15.0. The van der Waals surface area contributed by atoms with E-state index in [0.717, 1.165) is 19.6 Å². The lowest BCUT2D eigenvalue weighted by Crippen LogP contribution is -2.44. The SMILES string of the molecule is CNS(=O)(=O)c1ccc(NC(=O)c2cn(CC3CNC3)nn2)cc1. The van der Waals surface area contributed by atoms with Gasteiger partial charge in [-0.05, 0) is 31.3 Å². The number of hydrogen-bond acceptors (Lipinski definition) is 6. The average molecular weight is 350 g/mol. The Balaban J connectivity index is 1.64. The van der Waals surface area contributed by atoms with Crippen LogP contribution in [0.2, 0.25) is 0 Å². The van der Waals surface area contributed by atoms with Crippen molar-refractivity contribution in [2.75, 3.05) is 25.5 Å². The third-order valence-electron chi connectivity index (χ3n) is 3.77. The van der Waals surface area contributed by atoms with Crippen LogP contribution in [0.4, 0.5) is 5.69 Å². The van der Waals surface area contributed by atoms with Crippen LogP contribution in [0.1, 0.15) is 10.5 Å². The molecule has 24 heavy (non-hydrogen) atoms. The molecule has 9 nitrogen and oxygen atoms in total. The molecule has 1 aromatic heterocycles. The van der Waals surface area contributed by atoms with Gasteiger partial charge in [-0.15, -0.1) is 5.10 Å². The number of nitrogens with zero attached hydrogens (tertiary/aromatic N) is 3. The van der Waals surface area contributed by atoms with Gasteiger partial charge in [0.2, 0.25) is 10.0 Å². The molecule has 0 saturated carbocycles. The lowest BCUT2D eigenvalue weighted by molar-refractivity contribution is 0.102. The van der Waals surface area contributed by atoms with E-state index in [9.17, 15) is 13.2 Å². The van der Waals surface area contributed by atoms with Crippen LogP contribution < -0.4 is 15.4 Å². The first-order valence-corrected chi connectivity index (χ1v) is 8.92. The van der Waals surface area contributed by atoms with Crippen LogP contribution in [0.5, 0.6) is 0 Å². The summed E-state index contributed by atoms with van der Waals surface area (Å²) in [6.45, 7) is 2.62. The van der Waals surface area contributed by atoms with Crippen LogP contribution in [-0.4, -0.2) is 49.5 Å². The van der Waals surface area contributed by atoms with Crippen LogP contribution in [-0.2, 0) is 16.6 Å². The molecule has 0 unspecified atom stereocenters. The highest BCUT2D eigenvalue weighted by Gasteiger charge is 2.19. The quantitative estimate of drug-likeness (QED) is 0.656. The van der Waals surface area contributed by atoms with E-state index < -0.39 is 15.9 Å². The Bertz CT molecular complexity index is 826. The Morgan fingerprint density at radius 3 is 2.62 bits per heavy atom. The summed E-state index contributed by atoms with van der Waals surface area (Å²) < 4.78 is 27.2. The molecule has 2 aromatic rings. The number of benzene rings is 1. The van der Waals surface area contributed by atoms with E-state index >= 15 is 0 Å². The lowest BCUT2D eigenvalue weighted by Gasteiger charge is -2.26. The molecule has 1 aliphatic heterocycles. The number of aromatic nitrogens is 3. The number of hydrogen-bond donors (Lipinski definition) is 3. The van der Waals surface area contributed by atoms with Gasteiger partial charge in [-0.3, -0.25) is 9.48 Å². The second kappa shape index (κ2) is 6.67. The molecule has 0 aliphatic carbocycles. The minimum absolute atomic E-state index is 0.128. The van der Waals surface area contributed by atoms with Gasteiger partial charge in [0, 0.05) is 31.2 Å². The van der Waals surface area contributed by atoms with Crippen molar-refractivity contribution in [3.05, 3.63) is 36.2 Å². The van der Waals surface area contributed by atoms with Gasteiger partial charge >= 0.3 is 0 Å². The van der Waals surface area contributed by atoms with Crippen LogP contribution >= 0.6 is 0 Å². The molecule has 3 rings (SSSR count). The Hall–Kier alpha value is -2.30. The second-order valence-corrected chi connectivity index (χ2v) is 7.42. The van der Waals surface area contributed by atoms with Crippen molar-refractivity contribution in [3.8, 4) is 0 Å². The van der Waals surface area contributed by atoms with Gasteiger partial charge in [0.1, 0.15) is 0 Å². The standard InChI is InChI=1S/C14H18N6O3S/c1-15-24(22,23)12-4-2-11(3-5-12)17-14(21)13-9-20(19-18-13)8-10-6-16-7-10/h2-5,9-10,15-16H,6-8H2,1H3,(H,17,21). The first-order chi connectivity index (χ1) is 11.5. The van der Waals surface area contributed by atoms with Crippen molar-refractivity contribution in [2.24, 2.45) is 5.92 Å². The number of rotatable bonds is 6. The monoisotopic (exact) mass is 350 g/mol. The molecular weight excluding hydrogens is 332 g/mol. The summed E-state index contributed by atoms with van der Waals surface area (Å²) in [6.07, 6.45) is 1.60. The third-order valence-corrected chi connectivity index (χ3v) is 5.20. The fourth-order valence-corrected chi connectivity index (χ4v) is 2.99. The summed E-state index contributed by atoms with van der Waals surface area (Å²) >= 11 is 0. The molecule has 128 valence electrons. The predicted octanol–water partition coefficient (Wildman–Crippen LogP) is -0.342. The maximum Gasteiger partial charge on any atom is 0.277 e. The van der Waals surface area contributed by atoms with Gasteiger partial charge < -0.3 is 10.6 Å². The van der Waals surface area contributed by atoms with E-state index in [0.29, 0.717) is 11.6 Å². The van der Waals surface area contributed by atoms with Crippen molar-refractivity contribution in [1.29, 1.82) is 0 Å². The van der Waals surface area contributed by atoms with E-state index in [1.165, 1.54) is 31.3 Å². The van der Waals surface area contributed by atoms with Crippen molar-refractivity contribution in [3.63, 3.8) is 0 Å². The van der Waals surface area contributed by atoms with E-state index in [1.54, 1.807) is 10.9 Å². The molecule has 10 heteroatoms. The second-order valence-electron chi connectivity index (χ2n) is 5.54. The maximum atomic E-state index is 12.2. The summed E-state index contributed by atoms with van der Waals surface area (Å²) in [5.74, 6) is 0.126. The highest BCUT2D eigenvalue weighted by Crippen LogP contribution is 2.14. The number of carbonyl (C=O) groups is 1. The Kier molecular flexibility index (Phi) is 4.60. The van der Waals surface area contributed by atoms with Crippen LogP contribution in [0.15, 0.2) is 35.4 Å². The first-order valence-electron chi connectivity index (χ1n) is 7.44. The number of carbonyl (C=O) groups excluding carboxylic acids is 1. The number of anilines is 1. The maximum absolute atomic E-state index is 12.2. The molecule has 0 radical (unpaired) electrons. The van der Waals surface area contributed by atoms with Crippen LogP contribution in [0, 0.1) is 5.92 Å². The summed E-state index contributed by atoms with van der Waals surface area (Å²) in [6, 6.07) is 5.88. The Morgan fingerprint density at radius 1 is 1.33 bits per heavy atom. The summed E-state index contributed by atoms with van der Waals surface area (Å²) in [5.41, 5.74) is 0.696. The highest BCUT2D eigenvalue weighted by molar-refractivity contribution is 7.89. The van der Waals surface area contributed by atoms with E-state index in [2.05, 4.69) is 25.7 Å². The van der Waals surface area contributed by atoms with Crippen molar-refractivity contribution in [1.82, 2.24) is 25.0 Å². The smallest absolute Gasteiger partial charge is 0.277 e. The third kappa shape index (κ3) is 3.61. The molecule has 1 amide bonds. The Morgan fingerprint density at radius 2 is 2.04 bits per heavy atom. The minimum Gasteiger partial charge on any atom is -0.321 e. The number of sulfonamides is 1. The summed E-state index contributed by atoms with van der Waals surface area (Å²) in [4.78, 5) is 12.3. The zero-order chi connectivity index (χ0) is 17.2. The van der Waals surface area contributed by atoms with Gasteiger partial charge in [-0.25, -0.2) is 13.1 Å². The summed E-state index contributed by atoms with van der Waals surface area (Å²) in [5, 5.41) is 13.7. The fourth-order valence-electron chi connectivity index (χ4n) is 2.26. The molecule has 2 heterocycles. The summed E-state index contributed by atoms with van der Waals surface area (Å²) in [7, 11) is -2.15. The topological polar surface area (TPSA) is 118 Å². The lowest BCUT2D eigenvalue weighted by atomic mass is 10.0. The van der Waals surface area contributed by atoms with Crippen molar-refractivity contribution < 1.29 is 13.2 Å². The Labute approximate surface area is 139 Å². The van der Waals surface area contributed by atoms with Crippen LogP contribution in [0.25, 0.3) is 0 Å². The van der Waals surface area contributed by atoms with Gasteiger partial charge in [0.25, 0.3) is 5.91 Å². The van der Waals surface area contributed by atoms with Gasteiger partial charge in [0.05, 0.1) is 11.1 Å². The fraction of sp³-hybridized carbons (Fsp3) is 0.357. The molecule has 1 aromatic carbocycles. The molecule has 0 atom stereocenters. The molecule has 1 saturated heterocycles. The van der Waals surface area contributed by atoms with Crippen molar-refractivity contribution in [2.45, 2.75) is 11.4 Å². The molecule has 0 bridgehead atoms. The molecule has 0 spiro atoms.